The van der Waals surface area contributed by atoms with Gasteiger partial charge in [0.15, 0.2) is 5.13 Å². The van der Waals surface area contributed by atoms with Crippen molar-refractivity contribution < 1.29 is 9.13 Å². The second-order valence-corrected chi connectivity index (χ2v) is 7.60. The summed E-state index contributed by atoms with van der Waals surface area (Å²) >= 11 is 3.02. The molecule has 0 aromatic carbocycles. The van der Waals surface area contributed by atoms with E-state index in [0.717, 1.165) is 38.4 Å². The normalized spacial score (nSPS) is 12.6. The fourth-order valence-electron chi connectivity index (χ4n) is 2.02. The Balaban J connectivity index is 2.11. The quantitative estimate of drug-likeness (QED) is 0.601. The molecule has 26 heavy (non-hydrogen) atoms. The van der Waals surface area contributed by atoms with Gasteiger partial charge in [-0.1, -0.05) is 30.3 Å². The van der Waals surface area contributed by atoms with Crippen LogP contribution < -0.4 is 15.8 Å². The minimum atomic E-state index is -1.39. The van der Waals surface area contributed by atoms with Crippen molar-refractivity contribution in [2.45, 2.75) is 40.5 Å². The van der Waals surface area contributed by atoms with Gasteiger partial charge < -0.3 is 15.8 Å². The Labute approximate surface area is 161 Å². The van der Waals surface area contributed by atoms with Crippen molar-refractivity contribution >= 4 is 38.8 Å². The predicted molar refractivity (Wildman–Crippen MR) is 109 cm³/mol. The van der Waals surface area contributed by atoms with Crippen LogP contribution in [-0.2, 0) is 0 Å². The van der Waals surface area contributed by atoms with Gasteiger partial charge >= 0.3 is 0 Å². The topological polar surface area (TPSA) is 73.1 Å². The number of hydrogen-bond donors (Lipinski definition) is 2. The predicted octanol–water partition coefficient (Wildman–Crippen LogP) is 5.67. The molecule has 0 aliphatic heterocycles. The molecule has 0 fully saturated rings. The summed E-state index contributed by atoms with van der Waals surface area (Å²) in [5.41, 5.74) is 8.83. The summed E-state index contributed by atoms with van der Waals surface area (Å²) < 4.78 is 17.7. The lowest BCUT2D eigenvalue weighted by atomic mass is 10.3. The van der Waals surface area contributed by atoms with Crippen molar-refractivity contribution in [3.63, 3.8) is 0 Å². The summed E-state index contributed by atoms with van der Waals surface area (Å²) in [6.07, 6.45) is 3.08. The van der Waals surface area contributed by atoms with Gasteiger partial charge in [-0.2, -0.15) is 0 Å². The molecule has 1 unspecified atom stereocenters. The summed E-state index contributed by atoms with van der Waals surface area (Å²) in [4.78, 5) is 9.75. The van der Waals surface area contributed by atoms with Gasteiger partial charge in [-0.3, -0.25) is 0 Å². The van der Waals surface area contributed by atoms with E-state index in [1.807, 2.05) is 25.3 Å². The van der Waals surface area contributed by atoms with Crippen LogP contribution >= 0.6 is 23.1 Å². The van der Waals surface area contributed by atoms with Gasteiger partial charge in [-0.15, -0.1) is 11.3 Å². The van der Waals surface area contributed by atoms with E-state index in [4.69, 9.17) is 10.5 Å². The molecule has 0 aliphatic rings. The fourth-order valence-corrected chi connectivity index (χ4v) is 3.72. The number of pyridine rings is 1. The van der Waals surface area contributed by atoms with E-state index in [2.05, 4.69) is 22.2 Å². The highest BCUT2D eigenvalue weighted by molar-refractivity contribution is 8.11. The summed E-state index contributed by atoms with van der Waals surface area (Å²) in [7, 11) is 0. The van der Waals surface area contributed by atoms with E-state index in [9.17, 15) is 4.39 Å². The van der Waals surface area contributed by atoms with Crippen LogP contribution in [0, 0.1) is 0 Å². The molecule has 0 bridgehead atoms. The number of alkyl halides is 1. The first-order valence-electron chi connectivity index (χ1n) is 8.19. The fraction of sp³-hybridized carbons (Fsp3) is 0.333. The molecule has 8 heteroatoms. The van der Waals surface area contributed by atoms with E-state index in [-0.39, 0.29) is 5.88 Å². The van der Waals surface area contributed by atoms with Gasteiger partial charge in [-0.25, -0.2) is 14.4 Å². The van der Waals surface area contributed by atoms with Gasteiger partial charge in [0.05, 0.1) is 22.6 Å². The Kier molecular flexibility index (Phi) is 7.47. The lowest BCUT2D eigenvalue weighted by Gasteiger charge is -2.08. The number of anilines is 2. The highest BCUT2D eigenvalue weighted by Gasteiger charge is 2.11. The SMILES string of the molecule is CC/C=C(\N)SC(=C(C)C)c1csc(Nc2ccc(OC(C)F)nc2)n1. The Morgan fingerprint density at radius 3 is 2.81 bits per heavy atom. The molecular weight excluding hydrogens is 371 g/mol. The molecule has 3 N–H and O–H groups in total. The smallest absolute Gasteiger partial charge is 0.237 e. The number of nitrogens with one attached hydrogen (secondary N) is 1. The molecule has 0 aliphatic carbocycles. The molecule has 0 saturated carbocycles. The average Bonchev–Trinajstić information content (AvgIpc) is 3.02. The van der Waals surface area contributed by atoms with Gasteiger partial charge in [0.25, 0.3) is 0 Å². The number of allylic oxidation sites excluding steroid dienone is 2. The number of ether oxygens (including phenoxy) is 1. The molecule has 2 aromatic heterocycles. The zero-order valence-corrected chi connectivity index (χ0v) is 16.9. The number of nitrogens with two attached hydrogens (primary N) is 1. The Morgan fingerprint density at radius 2 is 2.23 bits per heavy atom. The molecule has 2 rings (SSSR count). The van der Waals surface area contributed by atoms with Crippen LogP contribution in [0.5, 0.6) is 5.88 Å². The van der Waals surface area contributed by atoms with Gasteiger partial charge in [-0.05, 0) is 26.3 Å². The lowest BCUT2D eigenvalue weighted by molar-refractivity contribution is 0.0810. The van der Waals surface area contributed by atoms with Crippen molar-refractivity contribution in [1.29, 1.82) is 0 Å². The van der Waals surface area contributed by atoms with Crippen LogP contribution in [0.25, 0.3) is 4.91 Å². The maximum atomic E-state index is 12.8. The molecular formula is C18H23FN4OS2. The molecule has 0 saturated heterocycles. The lowest BCUT2D eigenvalue weighted by Crippen LogP contribution is -2.05. The third-order valence-electron chi connectivity index (χ3n) is 3.09. The Bertz CT molecular complexity index is 781. The molecule has 0 amide bonds. The largest absolute Gasteiger partial charge is 0.444 e. The molecule has 2 heterocycles. The number of thioether (sulfide) groups is 1. The molecule has 0 radical (unpaired) electrons. The third-order valence-corrected chi connectivity index (χ3v) is 5.07. The zero-order valence-electron chi connectivity index (χ0n) is 15.2. The highest BCUT2D eigenvalue weighted by atomic mass is 32.2. The summed E-state index contributed by atoms with van der Waals surface area (Å²) in [5, 5.41) is 6.70. The molecule has 0 spiro atoms. The third kappa shape index (κ3) is 6.03. The van der Waals surface area contributed by atoms with E-state index < -0.39 is 6.36 Å². The standard InChI is InChI=1S/C18H23FN4OS2/c1-5-6-15(20)26-17(11(2)3)14-10-25-18(23-14)22-13-7-8-16(21-9-13)24-12(4)19/h6-10,12H,5,20H2,1-4H3,(H,22,23)/b15-6+. The first-order chi connectivity index (χ1) is 12.4. The van der Waals surface area contributed by atoms with Crippen LogP contribution in [0.3, 0.4) is 0 Å². The first kappa shape index (κ1) is 20.3. The minimum absolute atomic E-state index is 0.242. The highest BCUT2D eigenvalue weighted by Crippen LogP contribution is 2.36. The van der Waals surface area contributed by atoms with Gasteiger partial charge in [0.2, 0.25) is 12.2 Å². The number of halogens is 1. The first-order valence-corrected chi connectivity index (χ1v) is 9.89. The van der Waals surface area contributed by atoms with Crippen molar-refractivity contribution in [3.8, 4) is 5.88 Å². The van der Waals surface area contributed by atoms with E-state index in [1.165, 1.54) is 30.0 Å². The number of nitrogens with zero attached hydrogens (tertiary/aromatic N) is 2. The van der Waals surface area contributed by atoms with Crippen molar-refractivity contribution in [2.24, 2.45) is 5.73 Å². The van der Waals surface area contributed by atoms with Crippen LogP contribution in [0.1, 0.15) is 39.8 Å². The van der Waals surface area contributed by atoms with Crippen LogP contribution in [0.15, 0.2) is 40.4 Å². The summed E-state index contributed by atoms with van der Waals surface area (Å²) in [5.74, 6) is 0.242. The Morgan fingerprint density at radius 1 is 1.46 bits per heavy atom. The number of aromatic nitrogens is 2. The minimum Gasteiger partial charge on any atom is -0.444 e. The summed E-state index contributed by atoms with van der Waals surface area (Å²) in [6, 6.07) is 3.38. The van der Waals surface area contributed by atoms with Crippen molar-refractivity contribution in [1.82, 2.24) is 9.97 Å². The van der Waals surface area contributed by atoms with E-state index in [1.54, 1.807) is 18.3 Å². The number of rotatable bonds is 8. The number of thiazole rings is 1. The second kappa shape index (κ2) is 9.59. The van der Waals surface area contributed by atoms with Gasteiger partial charge in [0.1, 0.15) is 0 Å². The maximum absolute atomic E-state index is 12.8. The number of hydrogen-bond acceptors (Lipinski definition) is 7. The van der Waals surface area contributed by atoms with E-state index in [0.29, 0.717) is 0 Å². The zero-order chi connectivity index (χ0) is 19.1. The van der Waals surface area contributed by atoms with E-state index >= 15 is 0 Å². The molecule has 140 valence electrons. The molecule has 5 nitrogen and oxygen atoms in total. The molecule has 1 atom stereocenters. The monoisotopic (exact) mass is 394 g/mol. The van der Waals surface area contributed by atoms with Crippen LogP contribution in [0.2, 0.25) is 0 Å². The summed E-state index contributed by atoms with van der Waals surface area (Å²) in [6.45, 7) is 7.45. The second-order valence-electron chi connectivity index (χ2n) is 5.65. The van der Waals surface area contributed by atoms with Crippen LogP contribution in [0.4, 0.5) is 15.2 Å². The molecule has 2 aromatic rings. The van der Waals surface area contributed by atoms with Crippen molar-refractivity contribution in [3.05, 3.63) is 46.1 Å². The van der Waals surface area contributed by atoms with Crippen molar-refractivity contribution in [2.75, 3.05) is 5.32 Å². The Hall–Kier alpha value is -2.06. The average molecular weight is 395 g/mol. The maximum Gasteiger partial charge on any atom is 0.237 e. The van der Waals surface area contributed by atoms with Gasteiger partial charge in [0, 0.05) is 23.3 Å². The van der Waals surface area contributed by atoms with Crippen LogP contribution in [-0.4, -0.2) is 16.3 Å².